The van der Waals surface area contributed by atoms with E-state index in [9.17, 15) is 9.59 Å². The van der Waals surface area contributed by atoms with Crippen LogP contribution in [0.15, 0.2) is 53.4 Å². The van der Waals surface area contributed by atoms with Crippen LogP contribution in [-0.4, -0.2) is 51.3 Å². The predicted molar refractivity (Wildman–Crippen MR) is 106 cm³/mol. The van der Waals surface area contributed by atoms with Crippen LogP contribution in [-0.2, 0) is 6.61 Å². The van der Waals surface area contributed by atoms with Gasteiger partial charge < -0.3 is 24.6 Å². The molecule has 9 nitrogen and oxygen atoms in total. The maximum absolute atomic E-state index is 12.2. The highest BCUT2D eigenvalue weighted by Crippen LogP contribution is 2.24. The third-order valence-corrected chi connectivity index (χ3v) is 4.87. The van der Waals surface area contributed by atoms with E-state index in [0.29, 0.717) is 22.2 Å². The number of nitrogens with one attached hydrogen (secondary N) is 1. The molecule has 0 spiro atoms. The Kier molecular flexibility index (Phi) is 5.53. The van der Waals surface area contributed by atoms with E-state index in [2.05, 4.69) is 15.5 Å². The molecule has 30 heavy (non-hydrogen) atoms. The van der Waals surface area contributed by atoms with Crippen molar-refractivity contribution in [3.63, 3.8) is 0 Å². The number of likely N-dealkylation sites (tertiary alicyclic amines) is 1. The van der Waals surface area contributed by atoms with Crippen LogP contribution in [0.4, 0.5) is 4.79 Å². The first-order valence-electron chi connectivity index (χ1n) is 9.06. The average Bonchev–Trinajstić information content (AvgIpc) is 3.18. The van der Waals surface area contributed by atoms with Crippen molar-refractivity contribution in [2.45, 2.75) is 12.6 Å². The third kappa shape index (κ3) is 4.36. The van der Waals surface area contributed by atoms with E-state index in [1.807, 2.05) is 12.1 Å². The molecule has 3 aromatic rings. The molecule has 10 heteroatoms. The highest BCUT2D eigenvalue weighted by molar-refractivity contribution is 6.30. The van der Waals surface area contributed by atoms with E-state index in [-0.39, 0.29) is 31.6 Å². The Hall–Kier alpha value is -3.59. The van der Waals surface area contributed by atoms with Gasteiger partial charge in [-0.15, -0.1) is 0 Å². The monoisotopic (exact) mass is 428 g/mol. The minimum atomic E-state index is -0.990. The number of carboxylic acid groups (broad SMARTS) is 1. The number of carbonyl (C=O) groups is 2. The van der Waals surface area contributed by atoms with Gasteiger partial charge in [0.2, 0.25) is 5.88 Å². The summed E-state index contributed by atoms with van der Waals surface area (Å²) in [6, 6.07) is 10.2. The predicted octanol–water partition coefficient (Wildman–Crippen LogP) is 3.06. The lowest BCUT2D eigenvalue weighted by Crippen LogP contribution is -2.60. The fourth-order valence-electron chi connectivity index (χ4n) is 2.95. The lowest BCUT2D eigenvalue weighted by molar-refractivity contribution is 0.0767. The van der Waals surface area contributed by atoms with Crippen molar-refractivity contribution in [3.8, 4) is 17.1 Å². The summed E-state index contributed by atoms with van der Waals surface area (Å²) in [5.41, 5.74) is 2.61. The second-order valence-corrected chi connectivity index (χ2v) is 7.16. The quantitative estimate of drug-likeness (QED) is 0.619. The van der Waals surface area contributed by atoms with Crippen LogP contribution in [0.25, 0.3) is 11.3 Å². The number of rotatable bonds is 6. The van der Waals surface area contributed by atoms with E-state index in [1.165, 1.54) is 17.4 Å². The van der Waals surface area contributed by atoms with Crippen LogP contribution in [0.2, 0.25) is 5.02 Å². The van der Waals surface area contributed by atoms with E-state index in [0.717, 1.165) is 11.1 Å². The van der Waals surface area contributed by atoms with Crippen molar-refractivity contribution in [1.82, 2.24) is 20.4 Å². The molecule has 154 valence electrons. The summed E-state index contributed by atoms with van der Waals surface area (Å²) < 4.78 is 10.8. The molecule has 1 aliphatic heterocycles. The highest BCUT2D eigenvalue weighted by Gasteiger charge is 2.31. The van der Waals surface area contributed by atoms with E-state index < -0.39 is 6.09 Å². The SMILES string of the molecule is O=C(NC1CN(C(=O)O)C1)c1ccc(OCc2conc2-c2ccc(Cl)cc2)nc1. The number of halogens is 1. The van der Waals surface area contributed by atoms with E-state index in [1.54, 1.807) is 24.3 Å². The molecule has 2 aromatic heterocycles. The third-order valence-electron chi connectivity index (χ3n) is 4.62. The zero-order valence-electron chi connectivity index (χ0n) is 15.6. The number of carbonyl (C=O) groups excluding carboxylic acids is 1. The Morgan fingerprint density at radius 2 is 2.00 bits per heavy atom. The molecule has 4 rings (SSSR count). The zero-order valence-corrected chi connectivity index (χ0v) is 16.4. The van der Waals surface area contributed by atoms with Crippen molar-refractivity contribution in [2.75, 3.05) is 13.1 Å². The molecule has 0 unspecified atom stereocenters. The molecule has 1 fully saturated rings. The summed E-state index contributed by atoms with van der Waals surface area (Å²) in [7, 11) is 0. The number of benzene rings is 1. The van der Waals surface area contributed by atoms with Crippen molar-refractivity contribution in [1.29, 1.82) is 0 Å². The van der Waals surface area contributed by atoms with Gasteiger partial charge in [0, 0.05) is 35.9 Å². The second kappa shape index (κ2) is 8.42. The number of hydrogen-bond donors (Lipinski definition) is 2. The van der Waals surface area contributed by atoms with Gasteiger partial charge >= 0.3 is 6.09 Å². The number of hydrogen-bond acceptors (Lipinski definition) is 6. The van der Waals surface area contributed by atoms with Gasteiger partial charge in [-0.25, -0.2) is 9.78 Å². The Labute approximate surface area is 176 Å². The number of ether oxygens (including phenoxy) is 1. The maximum atomic E-state index is 12.2. The van der Waals surface area contributed by atoms with Gasteiger partial charge in [-0.05, 0) is 18.2 Å². The molecular weight excluding hydrogens is 412 g/mol. The molecule has 3 heterocycles. The molecular formula is C20H17ClN4O5. The van der Waals surface area contributed by atoms with Crippen molar-refractivity contribution < 1.29 is 24.0 Å². The largest absolute Gasteiger partial charge is 0.473 e. The van der Waals surface area contributed by atoms with Crippen LogP contribution < -0.4 is 10.1 Å². The first-order chi connectivity index (χ1) is 14.5. The summed E-state index contributed by atoms with van der Waals surface area (Å²) in [5.74, 6) is 0.0312. The molecule has 0 atom stereocenters. The average molecular weight is 429 g/mol. The van der Waals surface area contributed by atoms with Crippen molar-refractivity contribution in [3.05, 3.63) is 65.0 Å². The van der Waals surface area contributed by atoms with Gasteiger partial charge in [-0.2, -0.15) is 0 Å². The van der Waals surface area contributed by atoms with Crippen LogP contribution in [0.5, 0.6) is 5.88 Å². The van der Waals surface area contributed by atoms with Gasteiger partial charge in [0.1, 0.15) is 18.6 Å². The standard InChI is InChI=1S/C20H17ClN4O5/c21-15-4-1-12(2-5-15)18-14(11-30-24-18)10-29-17-6-3-13(7-22-17)19(26)23-16-8-25(9-16)20(27)28/h1-7,11,16H,8-10H2,(H,23,26)(H,27,28). The van der Waals surface area contributed by atoms with Crippen molar-refractivity contribution in [2.24, 2.45) is 0 Å². The lowest BCUT2D eigenvalue weighted by atomic mass is 10.1. The number of aromatic nitrogens is 2. The number of amides is 2. The van der Waals surface area contributed by atoms with Crippen LogP contribution in [0.3, 0.4) is 0 Å². The lowest BCUT2D eigenvalue weighted by Gasteiger charge is -2.37. The summed E-state index contributed by atoms with van der Waals surface area (Å²) in [4.78, 5) is 28.4. The minimum Gasteiger partial charge on any atom is -0.473 e. The molecule has 0 bridgehead atoms. The molecule has 1 saturated heterocycles. The van der Waals surface area contributed by atoms with Crippen LogP contribution >= 0.6 is 11.6 Å². The summed E-state index contributed by atoms with van der Waals surface area (Å²) in [6.07, 6.45) is 1.92. The van der Waals surface area contributed by atoms with Gasteiger partial charge in [0.05, 0.1) is 17.2 Å². The maximum Gasteiger partial charge on any atom is 0.407 e. The fraction of sp³-hybridized carbons (Fsp3) is 0.200. The zero-order chi connectivity index (χ0) is 21.1. The molecule has 1 aliphatic rings. The molecule has 0 radical (unpaired) electrons. The molecule has 2 N–H and O–H groups in total. The van der Waals surface area contributed by atoms with Gasteiger partial charge in [0.15, 0.2) is 0 Å². The normalized spacial score (nSPS) is 13.6. The van der Waals surface area contributed by atoms with E-state index >= 15 is 0 Å². The highest BCUT2D eigenvalue weighted by atomic mass is 35.5. The van der Waals surface area contributed by atoms with Gasteiger partial charge in [-0.3, -0.25) is 4.79 Å². The molecule has 1 aromatic carbocycles. The Morgan fingerprint density at radius 3 is 2.67 bits per heavy atom. The smallest absolute Gasteiger partial charge is 0.407 e. The summed E-state index contributed by atoms with van der Waals surface area (Å²) in [5, 5.41) is 16.2. The van der Waals surface area contributed by atoms with Crippen LogP contribution in [0.1, 0.15) is 15.9 Å². The summed E-state index contributed by atoms with van der Waals surface area (Å²) in [6.45, 7) is 0.752. The second-order valence-electron chi connectivity index (χ2n) is 6.73. The molecule has 0 saturated carbocycles. The Bertz CT molecular complexity index is 1050. The van der Waals surface area contributed by atoms with Crippen molar-refractivity contribution >= 4 is 23.6 Å². The Balaban J connectivity index is 1.33. The molecule has 0 aliphatic carbocycles. The van der Waals surface area contributed by atoms with Gasteiger partial charge in [-0.1, -0.05) is 28.9 Å². The molecule has 2 amide bonds. The number of nitrogens with zero attached hydrogens (tertiary/aromatic N) is 3. The van der Waals surface area contributed by atoms with Gasteiger partial charge in [0.25, 0.3) is 5.91 Å². The summed E-state index contributed by atoms with van der Waals surface area (Å²) >= 11 is 5.92. The number of pyridine rings is 1. The van der Waals surface area contributed by atoms with Crippen LogP contribution in [0, 0.1) is 0 Å². The fourth-order valence-corrected chi connectivity index (χ4v) is 3.08. The first-order valence-corrected chi connectivity index (χ1v) is 9.44. The minimum absolute atomic E-state index is 0.188. The first kappa shape index (κ1) is 19.7. The van der Waals surface area contributed by atoms with E-state index in [4.69, 9.17) is 26.0 Å². The Morgan fingerprint density at radius 1 is 1.23 bits per heavy atom. The topological polar surface area (TPSA) is 118 Å².